The zero-order valence-corrected chi connectivity index (χ0v) is 34.3. The largest absolute Gasteiger partial charge is 0.338 e. The van der Waals surface area contributed by atoms with E-state index in [0.29, 0.717) is 10.9 Å². The van der Waals surface area contributed by atoms with Gasteiger partial charge in [0, 0.05) is 37.3 Å². The summed E-state index contributed by atoms with van der Waals surface area (Å²) in [6.45, 7) is 11.9. The molecule has 0 fully saturated rings. The van der Waals surface area contributed by atoms with Crippen molar-refractivity contribution in [3.63, 3.8) is 0 Å². The van der Waals surface area contributed by atoms with Crippen LogP contribution in [0.15, 0.2) is 56.8 Å². The molecule has 6 rings (SSSR count). The summed E-state index contributed by atoms with van der Waals surface area (Å²) >= 11 is 1.41. The molecule has 0 radical (unpaired) electrons. The standard InChI is InChI=1S/C22H20N4O2S.C4H4NS.3C4H9.Sn/c1-13-12-29-20(23-13)15-10-7-11-26-17(14-8-5-4-6-9-14)16-19(18(15)26)24(2)22(28)25(3)21(16)27;1-4-2-6-3-5-4;3*1-3-4-2;/h4-6,8-10,12H,7,11H2,1-3H3;2H,1H3;3*1,3-4H2,2H3;. The predicted octanol–water partition coefficient (Wildman–Crippen LogP) is 8.81. The summed E-state index contributed by atoms with van der Waals surface area (Å²) in [5.41, 5.74) is 6.03. The van der Waals surface area contributed by atoms with E-state index in [2.05, 4.69) is 48.7 Å². The summed E-state index contributed by atoms with van der Waals surface area (Å²) in [6, 6.07) is 9.92. The Morgan fingerprint density at radius 2 is 1.40 bits per heavy atom. The van der Waals surface area contributed by atoms with Crippen LogP contribution in [0.5, 0.6) is 0 Å². The van der Waals surface area contributed by atoms with Crippen LogP contribution in [0.25, 0.3) is 27.7 Å². The Morgan fingerprint density at radius 3 is 1.94 bits per heavy atom. The van der Waals surface area contributed by atoms with Gasteiger partial charge in [0.1, 0.15) is 5.01 Å². The van der Waals surface area contributed by atoms with Crippen molar-refractivity contribution in [3.05, 3.63) is 90.1 Å². The first-order chi connectivity index (χ1) is 23.2. The molecular formula is C38H51N5O2S2Sn. The number of rotatable bonds is 12. The van der Waals surface area contributed by atoms with E-state index in [4.69, 9.17) is 4.98 Å². The zero-order chi connectivity index (χ0) is 34.4. The zero-order valence-electron chi connectivity index (χ0n) is 29.8. The smallest absolute Gasteiger partial charge is 0.331 e. The minimum absolute atomic E-state index is 0.265. The maximum atomic E-state index is 13.3. The predicted molar refractivity (Wildman–Crippen MR) is 208 cm³/mol. The molecule has 0 unspecified atom stereocenters. The van der Waals surface area contributed by atoms with E-state index in [1.54, 1.807) is 26.0 Å². The van der Waals surface area contributed by atoms with Crippen molar-refractivity contribution in [3.8, 4) is 11.3 Å². The first kappa shape index (κ1) is 36.5. The van der Waals surface area contributed by atoms with Crippen molar-refractivity contribution in [1.29, 1.82) is 0 Å². The van der Waals surface area contributed by atoms with E-state index in [0.717, 1.165) is 46.2 Å². The minimum Gasteiger partial charge on any atom is -0.338 e. The van der Waals surface area contributed by atoms with Gasteiger partial charge in [0.2, 0.25) is 0 Å². The fraction of sp³-hybridized carbons (Fsp3) is 0.474. The number of hydrogen-bond acceptors (Lipinski definition) is 6. The first-order valence-electron chi connectivity index (χ1n) is 17.6. The van der Waals surface area contributed by atoms with Gasteiger partial charge in [-0.05, 0) is 18.9 Å². The van der Waals surface area contributed by atoms with Crippen molar-refractivity contribution in [2.45, 2.75) is 99.4 Å². The van der Waals surface area contributed by atoms with Gasteiger partial charge in [-0.2, -0.15) is 0 Å². The maximum absolute atomic E-state index is 13.3. The third kappa shape index (κ3) is 7.38. The van der Waals surface area contributed by atoms with Crippen LogP contribution < -0.4 is 14.3 Å². The normalized spacial score (nSPS) is 12.9. The molecule has 0 saturated heterocycles. The number of benzene rings is 1. The van der Waals surface area contributed by atoms with E-state index in [1.807, 2.05) is 54.0 Å². The summed E-state index contributed by atoms with van der Waals surface area (Å²) in [5, 5.41) is 5.80. The molecular weight excluding hydrogens is 741 g/mol. The van der Waals surface area contributed by atoms with E-state index in [-0.39, 0.29) is 11.2 Å². The molecule has 0 atom stereocenters. The van der Waals surface area contributed by atoms with Crippen LogP contribution in [0.4, 0.5) is 0 Å². The quantitative estimate of drug-likeness (QED) is 0.119. The molecule has 0 spiro atoms. The Labute approximate surface area is 297 Å². The van der Waals surface area contributed by atoms with Crippen LogP contribution in [0.1, 0.15) is 87.8 Å². The molecule has 4 aromatic heterocycles. The van der Waals surface area contributed by atoms with Gasteiger partial charge < -0.3 is 4.57 Å². The monoisotopic (exact) mass is 793 g/mol. The van der Waals surface area contributed by atoms with Gasteiger partial charge in [0.15, 0.2) is 0 Å². The van der Waals surface area contributed by atoms with Crippen LogP contribution >= 0.6 is 22.7 Å². The molecule has 0 bridgehead atoms. The van der Waals surface area contributed by atoms with Gasteiger partial charge >= 0.3 is 134 Å². The Bertz CT molecular complexity index is 1970. The second kappa shape index (κ2) is 16.3. The number of fused-ring (bicyclic) bond motifs is 3. The van der Waals surface area contributed by atoms with Crippen LogP contribution in [0.2, 0.25) is 13.3 Å². The van der Waals surface area contributed by atoms with Crippen molar-refractivity contribution < 1.29 is 0 Å². The number of hydrogen-bond donors (Lipinski definition) is 0. The topological polar surface area (TPSA) is 74.7 Å². The van der Waals surface area contributed by atoms with Crippen molar-refractivity contribution in [1.82, 2.24) is 23.7 Å². The van der Waals surface area contributed by atoms with E-state index in [1.165, 1.54) is 69.1 Å². The van der Waals surface area contributed by atoms with E-state index < -0.39 is 18.4 Å². The summed E-state index contributed by atoms with van der Waals surface area (Å²) in [6.07, 6.45) is 11.4. The fourth-order valence-electron chi connectivity index (χ4n) is 7.04. The molecule has 5 heterocycles. The third-order valence-electron chi connectivity index (χ3n) is 9.62. The number of unbranched alkanes of at least 4 members (excludes halogenated alkanes) is 3. The van der Waals surface area contributed by atoms with Gasteiger partial charge in [0.25, 0.3) is 5.56 Å². The van der Waals surface area contributed by atoms with E-state index in [9.17, 15) is 9.59 Å². The molecule has 0 amide bonds. The van der Waals surface area contributed by atoms with Crippen LogP contribution in [-0.2, 0) is 20.6 Å². The molecule has 7 nitrogen and oxygen atoms in total. The molecule has 0 saturated carbocycles. The van der Waals surface area contributed by atoms with Crippen molar-refractivity contribution in [2.24, 2.45) is 14.1 Å². The molecule has 1 aliphatic heterocycles. The molecule has 10 heteroatoms. The van der Waals surface area contributed by atoms with Gasteiger partial charge in [-0.3, -0.25) is 13.9 Å². The molecule has 5 aromatic rings. The Balaban J connectivity index is 0.000000207. The molecule has 1 aliphatic rings. The molecule has 48 heavy (non-hydrogen) atoms. The maximum Gasteiger partial charge on any atom is 0.331 e. The summed E-state index contributed by atoms with van der Waals surface area (Å²) in [4.78, 5) is 35.7. The van der Waals surface area contributed by atoms with Gasteiger partial charge in [0.05, 0.1) is 22.3 Å². The number of aryl methyl sites for hydroxylation is 3. The Hall–Kier alpha value is -2.76. The first-order valence-corrected chi connectivity index (χ1v) is 26.8. The van der Waals surface area contributed by atoms with Crippen molar-refractivity contribution in [2.75, 3.05) is 0 Å². The average Bonchev–Trinajstić information content (AvgIpc) is 3.84. The fourth-order valence-corrected chi connectivity index (χ4v) is 27.3. The van der Waals surface area contributed by atoms with Gasteiger partial charge in [-0.15, -0.1) is 11.3 Å². The number of allylic oxidation sites excluding steroid dienone is 1. The van der Waals surface area contributed by atoms with Crippen LogP contribution in [-0.4, -0.2) is 42.0 Å². The van der Waals surface area contributed by atoms with Gasteiger partial charge in [-0.1, -0.05) is 36.4 Å². The molecule has 256 valence electrons. The third-order valence-corrected chi connectivity index (χ3v) is 29.4. The van der Waals surface area contributed by atoms with E-state index >= 15 is 0 Å². The summed E-state index contributed by atoms with van der Waals surface area (Å²) in [7, 11) is 3.27. The van der Waals surface area contributed by atoms with Crippen LogP contribution in [0, 0.1) is 13.8 Å². The average molecular weight is 793 g/mol. The molecule has 1 aromatic carbocycles. The number of thiazole rings is 2. The number of nitrogens with zero attached hydrogens (tertiary/aromatic N) is 5. The SMILES string of the molecule is CCC[CH2][Sn]([CH2]CCC)([CH2]CCC)[c]1nc(C)cs1.Cc1csc(C2=CCCn3c(-c4ccccc4)c4c(=O)n(C)c(=O)n(C)c4c32)n1. The second-order valence-corrected chi connectivity index (χ2v) is 28.9. The molecule has 0 aliphatic carbocycles. The van der Waals surface area contributed by atoms with Crippen molar-refractivity contribution >= 4 is 60.6 Å². The number of aromatic nitrogens is 5. The van der Waals surface area contributed by atoms with Crippen LogP contribution in [0.3, 0.4) is 0 Å². The Kier molecular flexibility index (Phi) is 12.4. The second-order valence-electron chi connectivity index (χ2n) is 13.2. The minimum atomic E-state index is -2.17. The summed E-state index contributed by atoms with van der Waals surface area (Å²) in [5.74, 6) is 0. The molecule has 0 N–H and O–H groups in total. The van der Waals surface area contributed by atoms with Gasteiger partial charge in [-0.25, -0.2) is 9.78 Å². The Morgan fingerprint density at radius 1 is 0.792 bits per heavy atom. The summed E-state index contributed by atoms with van der Waals surface area (Å²) < 4.78 is 11.2.